The predicted molar refractivity (Wildman–Crippen MR) is 135 cm³/mol. The first-order valence-corrected chi connectivity index (χ1v) is 13.5. The van der Waals surface area contributed by atoms with Crippen LogP contribution in [0.15, 0.2) is 82.1 Å². The highest BCUT2D eigenvalue weighted by atomic mass is 32.2. The number of fused-ring (bicyclic) bond motifs is 2. The third kappa shape index (κ3) is 5.08. The maximum atomic E-state index is 13.7. The molecule has 1 fully saturated rings. The zero-order valence-corrected chi connectivity index (χ0v) is 20.7. The van der Waals surface area contributed by atoms with E-state index in [-0.39, 0.29) is 17.8 Å². The second-order valence-electron chi connectivity index (χ2n) is 9.14. The fourth-order valence-corrected chi connectivity index (χ4v) is 6.91. The standard InChI is InChI=1S/C27H28F3N3O2S/c1-31-36(34,24-16-14-23(15-17-24)35-27(28,29)30)32-21-12-13-22(18-21)33-25-8-4-2-6-19(25)10-11-20-7-3-5-9-26(20)33/h2-9,14-17,21-22H,10-13,18H2,1H3,(H,31,32,34). The molecule has 1 aliphatic carbocycles. The highest BCUT2D eigenvalue weighted by Gasteiger charge is 2.35. The minimum Gasteiger partial charge on any atom is -0.406 e. The molecule has 0 bridgehead atoms. The van der Waals surface area contributed by atoms with Crippen LogP contribution in [0.4, 0.5) is 24.5 Å². The van der Waals surface area contributed by atoms with Gasteiger partial charge in [-0.15, -0.1) is 13.2 Å². The van der Waals surface area contributed by atoms with Crippen LogP contribution in [-0.2, 0) is 22.8 Å². The average Bonchev–Trinajstić information content (AvgIpc) is 3.23. The first-order valence-electron chi connectivity index (χ1n) is 12.0. The van der Waals surface area contributed by atoms with Gasteiger partial charge in [-0.1, -0.05) is 36.4 Å². The molecule has 9 heteroatoms. The van der Waals surface area contributed by atoms with E-state index in [2.05, 4.69) is 67.3 Å². The number of aryl methyl sites for hydroxylation is 2. The smallest absolute Gasteiger partial charge is 0.406 e. The van der Waals surface area contributed by atoms with E-state index < -0.39 is 16.3 Å². The van der Waals surface area contributed by atoms with E-state index in [0.29, 0.717) is 4.90 Å². The van der Waals surface area contributed by atoms with Gasteiger partial charge in [0.25, 0.3) is 0 Å². The number of ether oxygens (including phenoxy) is 1. The summed E-state index contributed by atoms with van der Waals surface area (Å²) in [5.74, 6) is -0.358. The Labute approximate surface area is 209 Å². The predicted octanol–water partition coefficient (Wildman–Crippen LogP) is 6.40. The molecule has 2 aliphatic rings. The van der Waals surface area contributed by atoms with E-state index in [9.17, 15) is 17.4 Å². The molecule has 36 heavy (non-hydrogen) atoms. The van der Waals surface area contributed by atoms with Gasteiger partial charge >= 0.3 is 6.36 Å². The van der Waals surface area contributed by atoms with Crippen molar-refractivity contribution < 1.29 is 22.1 Å². The lowest BCUT2D eigenvalue weighted by Crippen LogP contribution is -2.36. The van der Waals surface area contributed by atoms with E-state index >= 15 is 0 Å². The molecule has 0 spiro atoms. The Morgan fingerprint density at radius 3 is 2.06 bits per heavy atom. The van der Waals surface area contributed by atoms with Crippen molar-refractivity contribution in [3.63, 3.8) is 0 Å². The zero-order valence-electron chi connectivity index (χ0n) is 19.9. The number of para-hydroxylation sites is 2. The molecule has 1 heterocycles. The molecule has 3 atom stereocenters. The maximum absolute atomic E-state index is 13.7. The summed E-state index contributed by atoms with van der Waals surface area (Å²) in [4.78, 5) is 2.77. The summed E-state index contributed by atoms with van der Waals surface area (Å²) in [7, 11) is -1.55. The molecule has 0 amide bonds. The topological polar surface area (TPSA) is 53.9 Å². The number of halogens is 3. The van der Waals surface area contributed by atoms with Crippen molar-refractivity contribution in [1.29, 1.82) is 0 Å². The Balaban J connectivity index is 1.37. The van der Waals surface area contributed by atoms with Crippen molar-refractivity contribution in [3.05, 3.63) is 83.9 Å². The van der Waals surface area contributed by atoms with E-state index in [1.807, 2.05) is 0 Å². The Kier molecular flexibility index (Phi) is 6.70. The van der Waals surface area contributed by atoms with Crippen molar-refractivity contribution in [2.45, 2.75) is 55.4 Å². The minimum absolute atomic E-state index is 0.0557. The van der Waals surface area contributed by atoms with Crippen LogP contribution in [0.25, 0.3) is 0 Å². The van der Waals surface area contributed by atoms with Crippen LogP contribution in [0.5, 0.6) is 5.75 Å². The Morgan fingerprint density at radius 2 is 1.50 bits per heavy atom. The first-order chi connectivity index (χ1) is 17.3. The molecule has 5 nitrogen and oxygen atoms in total. The normalized spacial score (nSPS) is 21.2. The summed E-state index contributed by atoms with van der Waals surface area (Å²) < 4.78 is 62.5. The summed E-state index contributed by atoms with van der Waals surface area (Å²) in [6.07, 6.45) is -0.321. The molecule has 3 aromatic rings. The summed E-state index contributed by atoms with van der Waals surface area (Å²) in [6, 6.07) is 22.3. The molecule has 1 saturated carbocycles. The van der Waals surface area contributed by atoms with Gasteiger partial charge in [-0.05, 0) is 79.6 Å². The van der Waals surface area contributed by atoms with Gasteiger partial charge in [0.15, 0.2) is 0 Å². The number of nitrogens with zero attached hydrogens (tertiary/aromatic N) is 2. The molecule has 190 valence electrons. The van der Waals surface area contributed by atoms with Crippen LogP contribution in [0.3, 0.4) is 0 Å². The van der Waals surface area contributed by atoms with Gasteiger partial charge in [0, 0.05) is 30.5 Å². The molecule has 1 N–H and O–H groups in total. The summed E-state index contributed by atoms with van der Waals surface area (Å²) in [5, 5.41) is 0. The lowest BCUT2D eigenvalue weighted by atomic mass is 10.0. The monoisotopic (exact) mass is 515 g/mol. The second-order valence-corrected chi connectivity index (χ2v) is 11.3. The largest absolute Gasteiger partial charge is 0.573 e. The molecule has 5 rings (SSSR count). The Hall–Kier alpha value is -3.04. The van der Waals surface area contributed by atoms with Gasteiger partial charge in [0.1, 0.15) is 15.7 Å². The number of rotatable bonds is 5. The van der Waals surface area contributed by atoms with Gasteiger partial charge in [-0.2, -0.15) is 0 Å². The van der Waals surface area contributed by atoms with Crippen LogP contribution in [0.1, 0.15) is 30.4 Å². The summed E-state index contributed by atoms with van der Waals surface area (Å²) in [6.45, 7) is 0. The van der Waals surface area contributed by atoms with Crippen LogP contribution in [0.2, 0.25) is 0 Å². The van der Waals surface area contributed by atoms with Gasteiger partial charge in [-0.3, -0.25) is 0 Å². The van der Waals surface area contributed by atoms with Crippen molar-refractivity contribution in [2.75, 3.05) is 11.9 Å². The third-order valence-corrected chi connectivity index (χ3v) is 8.97. The second kappa shape index (κ2) is 9.78. The number of nitrogens with one attached hydrogen (secondary N) is 1. The SMILES string of the molecule is CN=S(=O)(NC1CCC(N2c3ccccc3CCc3ccccc32)C1)c1ccc(OC(F)(F)F)cc1. The Morgan fingerprint density at radius 1 is 0.917 bits per heavy atom. The van der Waals surface area contributed by atoms with E-state index in [0.717, 1.165) is 44.2 Å². The van der Waals surface area contributed by atoms with Crippen LogP contribution >= 0.6 is 0 Å². The van der Waals surface area contributed by atoms with Gasteiger partial charge in [0.2, 0.25) is 0 Å². The fourth-order valence-electron chi connectivity index (χ4n) is 5.28. The molecular formula is C27H28F3N3O2S. The molecule has 0 saturated heterocycles. The minimum atomic E-state index is -4.78. The quantitative estimate of drug-likeness (QED) is 0.428. The fraction of sp³-hybridized carbons (Fsp3) is 0.333. The van der Waals surface area contributed by atoms with Gasteiger partial charge in [-0.25, -0.2) is 13.3 Å². The third-order valence-electron chi connectivity index (χ3n) is 6.90. The summed E-state index contributed by atoms with van der Waals surface area (Å²) >= 11 is 0. The van der Waals surface area contributed by atoms with Crippen molar-refractivity contribution in [2.24, 2.45) is 4.36 Å². The molecule has 1 aliphatic heterocycles. The molecule has 3 unspecified atom stereocenters. The van der Waals surface area contributed by atoms with E-state index in [4.69, 9.17) is 0 Å². The van der Waals surface area contributed by atoms with Gasteiger partial charge < -0.3 is 9.64 Å². The lowest BCUT2D eigenvalue weighted by Gasteiger charge is -2.33. The highest BCUT2D eigenvalue weighted by Crippen LogP contribution is 2.41. The number of benzene rings is 3. The molecule has 3 aromatic carbocycles. The average molecular weight is 516 g/mol. The van der Waals surface area contributed by atoms with Crippen LogP contribution in [-0.4, -0.2) is 29.7 Å². The van der Waals surface area contributed by atoms with Gasteiger partial charge in [0.05, 0.1) is 4.90 Å². The molecular weight excluding hydrogens is 487 g/mol. The zero-order chi connectivity index (χ0) is 25.3. The first kappa shape index (κ1) is 24.6. The van der Waals surface area contributed by atoms with E-state index in [1.165, 1.54) is 41.7 Å². The highest BCUT2D eigenvalue weighted by molar-refractivity contribution is 7.91. The number of anilines is 2. The van der Waals surface area contributed by atoms with Crippen LogP contribution in [0, 0.1) is 0 Å². The van der Waals surface area contributed by atoms with Crippen molar-refractivity contribution >= 4 is 21.3 Å². The number of hydrogen-bond donors (Lipinski definition) is 1. The van der Waals surface area contributed by atoms with Crippen LogP contribution < -0.4 is 14.4 Å². The summed E-state index contributed by atoms with van der Waals surface area (Å²) in [5.41, 5.74) is 5.07. The maximum Gasteiger partial charge on any atom is 0.573 e. The van der Waals surface area contributed by atoms with Crippen molar-refractivity contribution in [1.82, 2.24) is 4.72 Å². The molecule has 0 radical (unpaired) electrons. The van der Waals surface area contributed by atoms with Crippen molar-refractivity contribution in [3.8, 4) is 5.75 Å². The molecule has 0 aromatic heterocycles. The number of hydrogen-bond acceptors (Lipinski definition) is 4. The Bertz CT molecular complexity index is 1300. The lowest BCUT2D eigenvalue weighted by molar-refractivity contribution is -0.274. The number of alkyl halides is 3. The van der Waals surface area contributed by atoms with E-state index in [1.54, 1.807) is 0 Å².